The van der Waals surface area contributed by atoms with Crippen LogP contribution in [0.1, 0.15) is 26.2 Å². The molecule has 1 aliphatic heterocycles. The fourth-order valence-electron chi connectivity index (χ4n) is 2.93. The highest BCUT2D eigenvalue weighted by molar-refractivity contribution is 6.30. The molecule has 0 saturated carbocycles. The molecule has 0 amide bonds. The van der Waals surface area contributed by atoms with Gasteiger partial charge in [0.05, 0.1) is 0 Å². The number of hydrogen-bond acceptors (Lipinski definition) is 3. The molecule has 2 unspecified atom stereocenters. The lowest BCUT2D eigenvalue weighted by atomic mass is 9.89. The van der Waals surface area contributed by atoms with Crippen LogP contribution in [0, 0.1) is 5.92 Å². The number of benzene rings is 1. The zero-order chi connectivity index (χ0) is 14.4. The molecule has 0 aromatic heterocycles. The molecule has 1 aromatic rings. The van der Waals surface area contributed by atoms with Crippen LogP contribution in [0.2, 0.25) is 5.02 Å². The summed E-state index contributed by atoms with van der Waals surface area (Å²) >= 11 is 5.94. The van der Waals surface area contributed by atoms with E-state index in [1.54, 1.807) is 0 Å². The van der Waals surface area contributed by atoms with Gasteiger partial charge in [0, 0.05) is 24.2 Å². The summed E-state index contributed by atoms with van der Waals surface area (Å²) < 4.78 is 5.77. The Bertz CT molecular complexity index is 413. The van der Waals surface area contributed by atoms with Crippen molar-refractivity contribution in [1.29, 1.82) is 0 Å². The normalized spacial score (nSPS) is 23.8. The summed E-state index contributed by atoms with van der Waals surface area (Å²) in [6, 6.07) is 8.07. The number of nitrogens with two attached hydrogens (primary N) is 1. The Labute approximate surface area is 127 Å². The van der Waals surface area contributed by atoms with Crippen molar-refractivity contribution in [3.63, 3.8) is 0 Å². The van der Waals surface area contributed by atoms with Crippen LogP contribution in [0.3, 0.4) is 0 Å². The number of likely N-dealkylation sites (tertiary alicyclic amines) is 1. The van der Waals surface area contributed by atoms with E-state index in [1.165, 1.54) is 19.3 Å². The minimum Gasteiger partial charge on any atom is -0.492 e. The maximum Gasteiger partial charge on any atom is 0.120 e. The van der Waals surface area contributed by atoms with Crippen molar-refractivity contribution in [2.75, 3.05) is 26.2 Å². The molecule has 3 nitrogen and oxygen atoms in total. The Morgan fingerprint density at radius 1 is 1.45 bits per heavy atom. The summed E-state index contributed by atoms with van der Waals surface area (Å²) in [6.45, 7) is 5.78. The van der Waals surface area contributed by atoms with E-state index in [0.29, 0.717) is 17.7 Å². The van der Waals surface area contributed by atoms with Gasteiger partial charge in [-0.2, -0.15) is 0 Å². The van der Waals surface area contributed by atoms with Gasteiger partial charge in [0.15, 0.2) is 0 Å². The molecule has 1 aromatic carbocycles. The Kier molecular flexibility index (Phi) is 6.14. The van der Waals surface area contributed by atoms with E-state index in [1.807, 2.05) is 24.3 Å². The number of rotatable bonds is 6. The average Bonchev–Trinajstić information content (AvgIpc) is 2.47. The van der Waals surface area contributed by atoms with Gasteiger partial charge in [0.2, 0.25) is 0 Å². The second-order valence-electron chi connectivity index (χ2n) is 5.53. The third-order valence-corrected chi connectivity index (χ3v) is 4.47. The first-order valence-electron chi connectivity index (χ1n) is 7.55. The molecule has 2 rings (SSSR count). The van der Waals surface area contributed by atoms with E-state index >= 15 is 0 Å². The quantitative estimate of drug-likeness (QED) is 0.876. The van der Waals surface area contributed by atoms with Crippen LogP contribution in [0.15, 0.2) is 24.3 Å². The van der Waals surface area contributed by atoms with Gasteiger partial charge in [-0.1, -0.05) is 31.0 Å². The molecule has 2 N–H and O–H groups in total. The first-order valence-corrected chi connectivity index (χ1v) is 7.93. The van der Waals surface area contributed by atoms with Crippen LogP contribution in [0.25, 0.3) is 0 Å². The fourth-order valence-corrected chi connectivity index (χ4v) is 3.11. The highest BCUT2D eigenvalue weighted by Gasteiger charge is 2.26. The van der Waals surface area contributed by atoms with Crippen molar-refractivity contribution in [1.82, 2.24) is 4.90 Å². The highest BCUT2D eigenvalue weighted by atomic mass is 35.5. The number of hydrogen-bond donors (Lipinski definition) is 1. The van der Waals surface area contributed by atoms with Crippen LogP contribution >= 0.6 is 11.6 Å². The van der Waals surface area contributed by atoms with Gasteiger partial charge < -0.3 is 10.5 Å². The molecule has 20 heavy (non-hydrogen) atoms. The Balaban J connectivity index is 1.78. The van der Waals surface area contributed by atoms with Gasteiger partial charge in [-0.15, -0.1) is 0 Å². The number of ether oxygens (including phenoxy) is 1. The highest BCUT2D eigenvalue weighted by Crippen LogP contribution is 2.24. The molecule has 1 aliphatic rings. The lowest BCUT2D eigenvalue weighted by molar-refractivity contribution is 0.0970. The largest absolute Gasteiger partial charge is 0.492 e. The SMILES string of the molecule is CCC1CCN(CCOc2cccc(Cl)c2)C(CN)C1. The molecule has 1 heterocycles. The predicted octanol–water partition coefficient (Wildman–Crippen LogP) is 3.17. The zero-order valence-corrected chi connectivity index (χ0v) is 13.0. The van der Waals surface area contributed by atoms with Crippen LogP contribution < -0.4 is 10.5 Å². The number of piperidine rings is 1. The van der Waals surface area contributed by atoms with Crippen LogP contribution in [-0.4, -0.2) is 37.2 Å². The molecule has 0 radical (unpaired) electrons. The molecule has 0 aliphatic carbocycles. The number of halogens is 1. The number of nitrogens with zero attached hydrogens (tertiary/aromatic N) is 1. The predicted molar refractivity (Wildman–Crippen MR) is 84.4 cm³/mol. The summed E-state index contributed by atoms with van der Waals surface area (Å²) in [5.74, 6) is 1.68. The standard InChI is InChI=1S/C16H25ClN2O/c1-2-13-6-7-19(15(10-13)12-18)8-9-20-16-5-3-4-14(17)11-16/h3-5,11,13,15H,2,6-10,12,18H2,1H3. The summed E-state index contributed by atoms with van der Waals surface area (Å²) in [4.78, 5) is 2.47. The fraction of sp³-hybridized carbons (Fsp3) is 0.625. The van der Waals surface area contributed by atoms with E-state index in [-0.39, 0.29) is 0 Å². The van der Waals surface area contributed by atoms with E-state index in [4.69, 9.17) is 22.1 Å². The first kappa shape index (κ1) is 15.6. The minimum atomic E-state index is 0.511. The third kappa shape index (κ3) is 4.37. The van der Waals surface area contributed by atoms with E-state index in [0.717, 1.165) is 31.3 Å². The van der Waals surface area contributed by atoms with Gasteiger partial charge in [-0.05, 0) is 43.5 Å². The molecule has 0 bridgehead atoms. The van der Waals surface area contributed by atoms with Crippen molar-refractivity contribution >= 4 is 11.6 Å². The molecular formula is C16H25ClN2O. The van der Waals surface area contributed by atoms with Crippen LogP contribution in [-0.2, 0) is 0 Å². The van der Waals surface area contributed by atoms with E-state index < -0.39 is 0 Å². The Morgan fingerprint density at radius 2 is 2.30 bits per heavy atom. The summed E-state index contributed by atoms with van der Waals surface area (Å²) in [5.41, 5.74) is 5.91. The van der Waals surface area contributed by atoms with Gasteiger partial charge in [-0.25, -0.2) is 0 Å². The van der Waals surface area contributed by atoms with Crippen LogP contribution in [0.4, 0.5) is 0 Å². The first-order chi connectivity index (χ1) is 9.72. The van der Waals surface area contributed by atoms with Crippen molar-refractivity contribution < 1.29 is 4.74 Å². The van der Waals surface area contributed by atoms with E-state index in [2.05, 4.69) is 11.8 Å². The van der Waals surface area contributed by atoms with Gasteiger partial charge in [-0.3, -0.25) is 4.90 Å². The van der Waals surface area contributed by atoms with Gasteiger partial charge in [0.1, 0.15) is 12.4 Å². The molecule has 112 valence electrons. The Morgan fingerprint density at radius 3 is 3.00 bits per heavy atom. The Hall–Kier alpha value is -0.770. The van der Waals surface area contributed by atoms with Crippen molar-refractivity contribution in [2.24, 2.45) is 11.7 Å². The summed E-state index contributed by atoms with van der Waals surface area (Å²) in [7, 11) is 0. The molecule has 1 saturated heterocycles. The molecule has 2 atom stereocenters. The smallest absolute Gasteiger partial charge is 0.120 e. The van der Waals surface area contributed by atoms with Gasteiger partial charge >= 0.3 is 0 Å². The molecule has 0 spiro atoms. The molecule has 1 fully saturated rings. The minimum absolute atomic E-state index is 0.511. The third-order valence-electron chi connectivity index (χ3n) is 4.24. The zero-order valence-electron chi connectivity index (χ0n) is 12.2. The maximum atomic E-state index is 5.94. The lowest BCUT2D eigenvalue weighted by Crippen LogP contribution is -2.48. The average molecular weight is 297 g/mol. The van der Waals surface area contributed by atoms with Crippen molar-refractivity contribution in [2.45, 2.75) is 32.2 Å². The van der Waals surface area contributed by atoms with Gasteiger partial charge in [0.25, 0.3) is 0 Å². The summed E-state index contributed by atoms with van der Waals surface area (Å²) in [5, 5.41) is 0.714. The topological polar surface area (TPSA) is 38.5 Å². The maximum absolute atomic E-state index is 5.94. The van der Waals surface area contributed by atoms with Crippen LogP contribution in [0.5, 0.6) is 5.75 Å². The molecular weight excluding hydrogens is 272 g/mol. The van der Waals surface area contributed by atoms with Crippen molar-refractivity contribution in [3.05, 3.63) is 29.3 Å². The second kappa shape index (κ2) is 7.87. The van der Waals surface area contributed by atoms with E-state index in [9.17, 15) is 0 Å². The molecule has 4 heteroatoms. The van der Waals surface area contributed by atoms with Crippen molar-refractivity contribution in [3.8, 4) is 5.75 Å². The second-order valence-corrected chi connectivity index (χ2v) is 5.97. The summed E-state index contributed by atoms with van der Waals surface area (Å²) in [6.07, 6.45) is 3.78. The monoisotopic (exact) mass is 296 g/mol. The lowest BCUT2D eigenvalue weighted by Gasteiger charge is -2.38.